The zero-order valence-corrected chi connectivity index (χ0v) is 12.3. The van der Waals surface area contributed by atoms with Gasteiger partial charge in [0.05, 0.1) is 11.2 Å². The van der Waals surface area contributed by atoms with Crippen LogP contribution in [-0.4, -0.2) is 29.8 Å². The van der Waals surface area contributed by atoms with Gasteiger partial charge >= 0.3 is 5.97 Å². The number of hydrogen-bond acceptors (Lipinski definition) is 3. The fourth-order valence-corrected chi connectivity index (χ4v) is 2.05. The van der Waals surface area contributed by atoms with Crippen LogP contribution in [0.2, 0.25) is 0 Å². The van der Waals surface area contributed by atoms with E-state index >= 15 is 0 Å². The average Bonchev–Trinajstić information content (AvgIpc) is 2.31. The van der Waals surface area contributed by atoms with Gasteiger partial charge in [0.25, 0.3) is 0 Å². The van der Waals surface area contributed by atoms with E-state index in [4.69, 9.17) is 9.84 Å². The second-order valence-corrected chi connectivity index (χ2v) is 5.55. The molecule has 0 aliphatic heterocycles. The maximum Gasteiger partial charge on any atom is 0.335 e. The fraction of sp³-hybridized carbons (Fsp3) is 0.533. The molecule has 0 saturated carbocycles. The van der Waals surface area contributed by atoms with Crippen molar-refractivity contribution in [3.63, 3.8) is 0 Å². The molecule has 1 atom stereocenters. The number of rotatable bonds is 6. The predicted octanol–water partition coefficient (Wildman–Crippen LogP) is 3.31. The average molecular weight is 265 g/mol. The lowest BCUT2D eigenvalue weighted by atomic mass is 9.99. The summed E-state index contributed by atoms with van der Waals surface area (Å²) in [4.78, 5) is 11.0. The Bertz CT molecular complexity index is 455. The highest BCUT2D eigenvalue weighted by Crippen LogP contribution is 2.22. The van der Waals surface area contributed by atoms with Crippen molar-refractivity contribution < 1.29 is 14.6 Å². The number of ether oxygens (including phenoxy) is 1. The molecule has 0 radical (unpaired) electrons. The van der Waals surface area contributed by atoms with Crippen LogP contribution in [0.4, 0.5) is 5.69 Å². The highest BCUT2D eigenvalue weighted by atomic mass is 16.5. The highest BCUT2D eigenvalue weighted by molar-refractivity contribution is 5.89. The maximum atomic E-state index is 11.0. The van der Waals surface area contributed by atoms with Crippen LogP contribution in [0.25, 0.3) is 0 Å². The van der Waals surface area contributed by atoms with E-state index in [9.17, 15) is 4.79 Å². The van der Waals surface area contributed by atoms with Gasteiger partial charge in [-0.3, -0.25) is 0 Å². The largest absolute Gasteiger partial charge is 0.478 e. The number of benzene rings is 1. The highest BCUT2D eigenvalue weighted by Gasteiger charge is 2.20. The van der Waals surface area contributed by atoms with Crippen molar-refractivity contribution in [3.05, 3.63) is 29.3 Å². The number of methoxy groups -OCH3 is 1. The number of aryl methyl sites for hydroxylation is 1. The third-order valence-corrected chi connectivity index (χ3v) is 3.24. The summed E-state index contributed by atoms with van der Waals surface area (Å²) in [7, 11) is 1.70. The van der Waals surface area contributed by atoms with Gasteiger partial charge in [0.1, 0.15) is 0 Å². The molecule has 0 aliphatic carbocycles. The molecule has 0 heterocycles. The normalized spacial score (nSPS) is 13.1. The van der Waals surface area contributed by atoms with Crippen LogP contribution in [0.1, 0.15) is 43.1 Å². The summed E-state index contributed by atoms with van der Waals surface area (Å²) in [6.07, 6.45) is 0.834. The van der Waals surface area contributed by atoms with Crippen molar-refractivity contribution in [3.8, 4) is 0 Å². The molecule has 2 N–H and O–H groups in total. The molecule has 1 aromatic carbocycles. The van der Waals surface area contributed by atoms with Crippen LogP contribution in [-0.2, 0) is 4.74 Å². The van der Waals surface area contributed by atoms with E-state index in [1.807, 2.05) is 26.8 Å². The number of carbonyl (C=O) groups is 1. The number of carboxylic acid groups (broad SMARTS) is 1. The number of carboxylic acids is 1. The first-order valence-electron chi connectivity index (χ1n) is 6.41. The van der Waals surface area contributed by atoms with E-state index in [0.29, 0.717) is 5.56 Å². The van der Waals surface area contributed by atoms with Gasteiger partial charge in [0.2, 0.25) is 0 Å². The van der Waals surface area contributed by atoms with Gasteiger partial charge in [-0.2, -0.15) is 0 Å². The topological polar surface area (TPSA) is 58.6 Å². The molecule has 0 spiro atoms. The molecule has 1 aromatic rings. The summed E-state index contributed by atoms with van der Waals surface area (Å²) in [6, 6.07) is 5.30. The van der Waals surface area contributed by atoms with Crippen molar-refractivity contribution >= 4 is 11.7 Å². The second-order valence-electron chi connectivity index (χ2n) is 5.55. The molecule has 0 aromatic heterocycles. The summed E-state index contributed by atoms with van der Waals surface area (Å²) in [5.41, 5.74) is 1.99. The first kappa shape index (κ1) is 15.5. The summed E-state index contributed by atoms with van der Waals surface area (Å²) in [5.74, 6) is -0.909. The molecule has 0 amide bonds. The Balaban J connectivity index is 2.81. The fourth-order valence-electron chi connectivity index (χ4n) is 2.05. The molecule has 0 fully saturated rings. The van der Waals surface area contributed by atoms with Crippen molar-refractivity contribution in [2.45, 2.75) is 45.8 Å². The Morgan fingerprint density at radius 2 is 2.11 bits per heavy atom. The molecular weight excluding hydrogens is 242 g/mol. The van der Waals surface area contributed by atoms with Crippen LogP contribution in [0.5, 0.6) is 0 Å². The number of anilines is 1. The zero-order chi connectivity index (χ0) is 14.6. The van der Waals surface area contributed by atoms with Gasteiger partial charge in [-0.05, 0) is 51.8 Å². The van der Waals surface area contributed by atoms with E-state index < -0.39 is 5.97 Å². The summed E-state index contributed by atoms with van der Waals surface area (Å²) in [6.45, 7) is 8.09. The monoisotopic (exact) mass is 265 g/mol. The van der Waals surface area contributed by atoms with Gasteiger partial charge in [-0.25, -0.2) is 4.79 Å². The molecule has 1 unspecified atom stereocenters. The number of hydrogen-bond donors (Lipinski definition) is 2. The van der Waals surface area contributed by atoms with Gasteiger partial charge in [0.15, 0.2) is 0 Å². The third kappa shape index (κ3) is 4.56. The second kappa shape index (κ2) is 6.06. The zero-order valence-electron chi connectivity index (χ0n) is 12.3. The van der Waals surface area contributed by atoms with E-state index in [2.05, 4.69) is 12.2 Å². The smallest absolute Gasteiger partial charge is 0.335 e. The summed E-state index contributed by atoms with van der Waals surface area (Å²) in [5, 5.41) is 12.4. The minimum absolute atomic E-state index is 0.192. The van der Waals surface area contributed by atoms with E-state index in [-0.39, 0.29) is 11.6 Å². The maximum absolute atomic E-state index is 11.0. The lowest BCUT2D eigenvalue weighted by Gasteiger charge is -2.28. The van der Waals surface area contributed by atoms with Gasteiger partial charge in [-0.15, -0.1) is 0 Å². The molecule has 4 heteroatoms. The van der Waals surface area contributed by atoms with Gasteiger partial charge in [-0.1, -0.05) is 6.07 Å². The van der Waals surface area contributed by atoms with Crippen LogP contribution in [0.15, 0.2) is 18.2 Å². The standard InChI is InChI=1S/C15H23NO3/c1-10-6-7-12(14(17)18)8-13(10)16-11(2)9-15(3,4)19-5/h6-8,11,16H,9H2,1-5H3,(H,17,18). The van der Waals surface area contributed by atoms with E-state index in [1.54, 1.807) is 19.2 Å². The number of nitrogens with one attached hydrogen (secondary N) is 1. The Labute approximate surface area is 114 Å². The molecule has 4 nitrogen and oxygen atoms in total. The van der Waals surface area contributed by atoms with Crippen LogP contribution < -0.4 is 5.32 Å². The molecule has 1 rings (SSSR count). The Morgan fingerprint density at radius 3 is 2.63 bits per heavy atom. The van der Waals surface area contributed by atoms with Crippen LogP contribution in [0, 0.1) is 6.92 Å². The Morgan fingerprint density at radius 1 is 1.47 bits per heavy atom. The van der Waals surface area contributed by atoms with E-state index in [0.717, 1.165) is 17.7 Å². The number of aromatic carboxylic acids is 1. The lowest BCUT2D eigenvalue weighted by Crippen LogP contribution is -2.31. The quantitative estimate of drug-likeness (QED) is 0.828. The molecule has 0 aliphatic rings. The summed E-state index contributed by atoms with van der Waals surface area (Å²) < 4.78 is 5.40. The lowest BCUT2D eigenvalue weighted by molar-refractivity contribution is 0.0128. The molecule has 19 heavy (non-hydrogen) atoms. The van der Waals surface area contributed by atoms with Gasteiger partial charge in [0, 0.05) is 18.8 Å². The Hall–Kier alpha value is -1.55. The minimum Gasteiger partial charge on any atom is -0.478 e. The SMILES string of the molecule is COC(C)(C)CC(C)Nc1cc(C(=O)O)ccc1C. The Kier molecular flexibility index (Phi) is 4.95. The van der Waals surface area contributed by atoms with Crippen molar-refractivity contribution in [1.82, 2.24) is 0 Å². The molecular formula is C15H23NO3. The molecule has 0 saturated heterocycles. The molecule has 0 bridgehead atoms. The molecule has 106 valence electrons. The predicted molar refractivity (Wildman–Crippen MR) is 76.9 cm³/mol. The van der Waals surface area contributed by atoms with Crippen molar-refractivity contribution in [2.75, 3.05) is 12.4 Å². The first-order chi connectivity index (χ1) is 8.75. The third-order valence-electron chi connectivity index (χ3n) is 3.24. The van der Waals surface area contributed by atoms with E-state index in [1.165, 1.54) is 0 Å². The van der Waals surface area contributed by atoms with Crippen molar-refractivity contribution in [1.29, 1.82) is 0 Å². The van der Waals surface area contributed by atoms with Crippen LogP contribution in [0.3, 0.4) is 0 Å². The first-order valence-corrected chi connectivity index (χ1v) is 6.41. The summed E-state index contributed by atoms with van der Waals surface area (Å²) >= 11 is 0. The van der Waals surface area contributed by atoms with Gasteiger partial charge < -0.3 is 15.2 Å². The minimum atomic E-state index is -0.909. The van der Waals surface area contributed by atoms with Crippen molar-refractivity contribution in [2.24, 2.45) is 0 Å². The van der Waals surface area contributed by atoms with Crippen LogP contribution >= 0.6 is 0 Å².